The molecule has 4 nitrogen and oxygen atoms in total. The Balaban J connectivity index is 1.75. The fraction of sp³-hybridized carbons (Fsp3) is 0.467. The highest BCUT2D eigenvalue weighted by atomic mass is 35.5. The van der Waals surface area contributed by atoms with Crippen LogP contribution in [-0.2, 0) is 17.6 Å². The van der Waals surface area contributed by atoms with Crippen molar-refractivity contribution < 1.29 is 4.74 Å². The quantitative estimate of drug-likeness (QED) is 0.720. The average molecular weight is 326 g/mol. The Morgan fingerprint density at radius 2 is 2.00 bits per heavy atom. The standard InChI is InChI=1S/C15H20ClN3OS/c1-20-10-9-17-8-4-7-14-18-19-15(21-14)11-12-5-2-3-6-13(12)16/h2-3,5-6,17H,4,7-11H2,1H3. The number of benzene rings is 1. The summed E-state index contributed by atoms with van der Waals surface area (Å²) in [6.45, 7) is 2.62. The maximum absolute atomic E-state index is 6.16. The van der Waals surface area contributed by atoms with Gasteiger partial charge in [0, 0.05) is 31.5 Å². The Bertz CT molecular complexity index is 547. The van der Waals surface area contributed by atoms with E-state index in [0.29, 0.717) is 0 Å². The third-order valence-electron chi connectivity index (χ3n) is 3.04. The highest BCUT2D eigenvalue weighted by molar-refractivity contribution is 7.11. The van der Waals surface area contributed by atoms with E-state index in [4.69, 9.17) is 16.3 Å². The van der Waals surface area contributed by atoms with Crippen LogP contribution in [0.1, 0.15) is 22.0 Å². The number of aromatic nitrogens is 2. The van der Waals surface area contributed by atoms with E-state index < -0.39 is 0 Å². The number of ether oxygens (including phenoxy) is 1. The number of methoxy groups -OCH3 is 1. The maximum atomic E-state index is 6.16. The first-order valence-electron chi connectivity index (χ1n) is 7.04. The summed E-state index contributed by atoms with van der Waals surface area (Å²) in [5.41, 5.74) is 1.10. The van der Waals surface area contributed by atoms with Crippen molar-refractivity contribution in [3.8, 4) is 0 Å². The van der Waals surface area contributed by atoms with Crippen LogP contribution in [0, 0.1) is 0 Å². The largest absolute Gasteiger partial charge is 0.383 e. The minimum absolute atomic E-state index is 0.751. The Morgan fingerprint density at radius 1 is 1.19 bits per heavy atom. The van der Waals surface area contributed by atoms with Crippen LogP contribution >= 0.6 is 22.9 Å². The molecule has 0 atom stereocenters. The van der Waals surface area contributed by atoms with Crippen molar-refractivity contribution in [1.29, 1.82) is 0 Å². The molecule has 0 fully saturated rings. The maximum Gasteiger partial charge on any atom is 0.121 e. The lowest BCUT2D eigenvalue weighted by Crippen LogP contribution is -2.20. The molecule has 0 saturated carbocycles. The van der Waals surface area contributed by atoms with Gasteiger partial charge in [-0.1, -0.05) is 29.8 Å². The molecule has 2 rings (SSSR count). The molecule has 0 spiro atoms. The lowest BCUT2D eigenvalue weighted by Gasteiger charge is -2.01. The molecule has 21 heavy (non-hydrogen) atoms. The molecule has 0 unspecified atom stereocenters. The smallest absolute Gasteiger partial charge is 0.121 e. The first-order valence-corrected chi connectivity index (χ1v) is 8.23. The van der Waals surface area contributed by atoms with Gasteiger partial charge in [0.2, 0.25) is 0 Å². The predicted molar refractivity (Wildman–Crippen MR) is 87.2 cm³/mol. The van der Waals surface area contributed by atoms with Gasteiger partial charge in [-0.25, -0.2) is 0 Å². The summed E-state index contributed by atoms with van der Waals surface area (Å²) in [5.74, 6) is 0. The lowest BCUT2D eigenvalue weighted by atomic mass is 10.2. The minimum atomic E-state index is 0.751. The van der Waals surface area contributed by atoms with E-state index in [1.165, 1.54) is 0 Å². The van der Waals surface area contributed by atoms with Gasteiger partial charge in [0.25, 0.3) is 0 Å². The third kappa shape index (κ3) is 5.71. The number of rotatable bonds is 9. The number of hydrogen-bond acceptors (Lipinski definition) is 5. The van der Waals surface area contributed by atoms with Crippen molar-refractivity contribution in [3.63, 3.8) is 0 Å². The van der Waals surface area contributed by atoms with Gasteiger partial charge in [-0.3, -0.25) is 0 Å². The fourth-order valence-corrected chi connectivity index (χ4v) is 3.04. The summed E-state index contributed by atoms with van der Waals surface area (Å²) in [6.07, 6.45) is 2.77. The molecule has 0 aliphatic rings. The zero-order chi connectivity index (χ0) is 14.9. The van der Waals surface area contributed by atoms with Crippen LogP contribution in [0.3, 0.4) is 0 Å². The number of aryl methyl sites for hydroxylation is 1. The summed E-state index contributed by atoms with van der Waals surface area (Å²) in [4.78, 5) is 0. The average Bonchev–Trinajstić information content (AvgIpc) is 2.93. The molecule has 1 aromatic heterocycles. The van der Waals surface area contributed by atoms with Gasteiger partial charge in [0.15, 0.2) is 0 Å². The highest BCUT2D eigenvalue weighted by Crippen LogP contribution is 2.21. The van der Waals surface area contributed by atoms with Gasteiger partial charge in [-0.05, 0) is 24.6 Å². The van der Waals surface area contributed by atoms with Gasteiger partial charge in [0.05, 0.1) is 6.61 Å². The normalized spacial score (nSPS) is 11.0. The summed E-state index contributed by atoms with van der Waals surface area (Å²) < 4.78 is 4.98. The molecule has 0 amide bonds. The van der Waals surface area contributed by atoms with E-state index in [-0.39, 0.29) is 0 Å². The van der Waals surface area contributed by atoms with Crippen LogP contribution in [0.25, 0.3) is 0 Å². The summed E-state index contributed by atoms with van der Waals surface area (Å²) >= 11 is 7.83. The van der Waals surface area contributed by atoms with Crippen molar-refractivity contribution in [3.05, 3.63) is 44.9 Å². The second-order valence-electron chi connectivity index (χ2n) is 4.70. The molecule has 0 radical (unpaired) electrons. The minimum Gasteiger partial charge on any atom is -0.383 e. The van der Waals surface area contributed by atoms with E-state index in [0.717, 1.165) is 59.6 Å². The van der Waals surface area contributed by atoms with Gasteiger partial charge < -0.3 is 10.1 Å². The second-order valence-corrected chi connectivity index (χ2v) is 6.26. The molecular formula is C15H20ClN3OS. The third-order valence-corrected chi connectivity index (χ3v) is 4.39. The van der Waals surface area contributed by atoms with Crippen LogP contribution in [0.2, 0.25) is 5.02 Å². The van der Waals surface area contributed by atoms with Crippen LogP contribution in [0.5, 0.6) is 0 Å². The fourth-order valence-electron chi connectivity index (χ4n) is 1.93. The zero-order valence-corrected chi connectivity index (χ0v) is 13.7. The molecule has 1 aromatic carbocycles. The van der Waals surface area contributed by atoms with E-state index in [1.807, 2.05) is 24.3 Å². The molecule has 1 heterocycles. The summed E-state index contributed by atoms with van der Waals surface area (Å²) in [7, 11) is 1.71. The van der Waals surface area contributed by atoms with Crippen molar-refractivity contribution in [1.82, 2.24) is 15.5 Å². The second kappa shape index (κ2) is 9.10. The molecule has 0 aliphatic heterocycles. The van der Waals surface area contributed by atoms with E-state index in [1.54, 1.807) is 18.4 Å². The van der Waals surface area contributed by atoms with E-state index in [9.17, 15) is 0 Å². The van der Waals surface area contributed by atoms with Crippen molar-refractivity contribution in [2.24, 2.45) is 0 Å². The Hall–Kier alpha value is -1.01. The van der Waals surface area contributed by atoms with E-state index in [2.05, 4.69) is 15.5 Å². The van der Waals surface area contributed by atoms with Gasteiger partial charge in [0.1, 0.15) is 10.0 Å². The summed E-state index contributed by atoms with van der Waals surface area (Å²) in [6, 6.07) is 7.87. The zero-order valence-electron chi connectivity index (χ0n) is 12.1. The molecule has 0 aliphatic carbocycles. The number of nitrogens with zero attached hydrogens (tertiary/aromatic N) is 2. The van der Waals surface area contributed by atoms with Gasteiger partial charge >= 0.3 is 0 Å². The predicted octanol–water partition coefficient (Wildman–Crippen LogP) is 2.95. The molecule has 2 aromatic rings. The molecule has 6 heteroatoms. The lowest BCUT2D eigenvalue weighted by molar-refractivity contribution is 0.199. The molecule has 0 saturated heterocycles. The van der Waals surface area contributed by atoms with Gasteiger partial charge in [-0.15, -0.1) is 21.5 Å². The number of hydrogen-bond donors (Lipinski definition) is 1. The molecule has 0 bridgehead atoms. The van der Waals surface area contributed by atoms with Crippen LogP contribution in [-0.4, -0.2) is 37.0 Å². The van der Waals surface area contributed by atoms with Crippen molar-refractivity contribution >= 4 is 22.9 Å². The van der Waals surface area contributed by atoms with Gasteiger partial charge in [-0.2, -0.15) is 0 Å². The molecule has 114 valence electrons. The Kier molecular flexibility index (Phi) is 7.09. The SMILES string of the molecule is COCCNCCCc1nnc(Cc2ccccc2Cl)s1. The summed E-state index contributed by atoms with van der Waals surface area (Å²) in [5, 5.41) is 14.7. The van der Waals surface area contributed by atoms with Crippen molar-refractivity contribution in [2.75, 3.05) is 26.8 Å². The first-order chi connectivity index (χ1) is 10.3. The monoisotopic (exact) mass is 325 g/mol. The van der Waals surface area contributed by atoms with E-state index >= 15 is 0 Å². The molecule has 1 N–H and O–H groups in total. The molecular weight excluding hydrogens is 306 g/mol. The highest BCUT2D eigenvalue weighted by Gasteiger charge is 2.07. The topological polar surface area (TPSA) is 47.0 Å². The Morgan fingerprint density at radius 3 is 2.81 bits per heavy atom. The number of halogens is 1. The van der Waals surface area contributed by atoms with Crippen LogP contribution in [0.4, 0.5) is 0 Å². The van der Waals surface area contributed by atoms with Crippen LogP contribution in [0.15, 0.2) is 24.3 Å². The van der Waals surface area contributed by atoms with Crippen LogP contribution < -0.4 is 5.32 Å². The number of nitrogens with one attached hydrogen (secondary N) is 1. The first kappa shape index (κ1) is 16.4. The Labute approximate surface area is 134 Å². The van der Waals surface area contributed by atoms with Crippen molar-refractivity contribution in [2.45, 2.75) is 19.3 Å².